The van der Waals surface area contributed by atoms with Crippen LogP contribution >= 0.6 is 11.3 Å². The van der Waals surface area contributed by atoms with Crippen molar-refractivity contribution in [3.05, 3.63) is 64.5 Å². The second kappa shape index (κ2) is 7.11. The normalized spacial score (nSPS) is 10.5. The smallest absolute Gasteiger partial charge is 0.256 e. The van der Waals surface area contributed by atoms with Crippen LogP contribution in [0.2, 0.25) is 0 Å². The molecule has 0 fully saturated rings. The van der Waals surface area contributed by atoms with E-state index in [-0.39, 0.29) is 5.91 Å². The van der Waals surface area contributed by atoms with Gasteiger partial charge in [-0.25, -0.2) is 4.68 Å². The molecule has 2 heterocycles. The van der Waals surface area contributed by atoms with Crippen molar-refractivity contribution < 1.29 is 9.53 Å². The van der Waals surface area contributed by atoms with Crippen molar-refractivity contribution in [1.29, 1.82) is 0 Å². The van der Waals surface area contributed by atoms with Gasteiger partial charge in [0.25, 0.3) is 5.91 Å². The van der Waals surface area contributed by atoms with Gasteiger partial charge in [0.15, 0.2) is 0 Å². The number of carbonyl (C=O) groups excluding carboxylic acids is 1. The molecule has 0 bridgehead atoms. The Hall–Kier alpha value is -2.60. The molecule has 0 aliphatic rings. The molecule has 1 aromatic carbocycles. The number of carbonyl (C=O) groups is 1. The number of ether oxygens (including phenoxy) is 1. The van der Waals surface area contributed by atoms with E-state index in [9.17, 15) is 4.79 Å². The van der Waals surface area contributed by atoms with Crippen molar-refractivity contribution in [3.8, 4) is 5.75 Å². The third kappa shape index (κ3) is 3.78. The number of nitrogens with zero attached hydrogens (tertiary/aromatic N) is 2. The molecule has 0 radical (unpaired) electrons. The van der Waals surface area contributed by atoms with Crippen LogP contribution in [0.25, 0.3) is 0 Å². The van der Waals surface area contributed by atoms with Crippen molar-refractivity contribution in [1.82, 2.24) is 9.78 Å². The first kappa shape index (κ1) is 15.3. The molecule has 1 amide bonds. The summed E-state index contributed by atoms with van der Waals surface area (Å²) in [5, 5.41) is 9.19. The van der Waals surface area contributed by atoms with Gasteiger partial charge in [0.2, 0.25) is 0 Å². The monoisotopic (exact) mass is 327 g/mol. The highest BCUT2D eigenvalue weighted by Crippen LogP contribution is 2.17. The lowest BCUT2D eigenvalue weighted by Crippen LogP contribution is -2.16. The minimum Gasteiger partial charge on any atom is -0.494 e. The highest BCUT2D eigenvalue weighted by atomic mass is 32.1. The molecule has 3 aromatic rings. The minimum atomic E-state index is -0.181. The molecule has 3 rings (SSSR count). The van der Waals surface area contributed by atoms with Gasteiger partial charge in [0.1, 0.15) is 11.6 Å². The van der Waals surface area contributed by atoms with E-state index in [1.54, 1.807) is 40.4 Å². The SMILES string of the molecule is CCOc1cccc(C(=O)Nc2ccnn2Cc2cccs2)c1. The fourth-order valence-electron chi connectivity index (χ4n) is 2.20. The van der Waals surface area contributed by atoms with Gasteiger partial charge in [0, 0.05) is 16.5 Å². The number of hydrogen-bond donors (Lipinski definition) is 1. The molecule has 0 spiro atoms. The maximum atomic E-state index is 12.4. The summed E-state index contributed by atoms with van der Waals surface area (Å²) in [4.78, 5) is 13.6. The van der Waals surface area contributed by atoms with Gasteiger partial charge >= 0.3 is 0 Å². The predicted octanol–water partition coefficient (Wildman–Crippen LogP) is 3.64. The summed E-state index contributed by atoms with van der Waals surface area (Å²) < 4.78 is 7.20. The van der Waals surface area contributed by atoms with Crippen molar-refractivity contribution in [2.75, 3.05) is 11.9 Å². The molecule has 0 saturated carbocycles. The van der Waals surface area contributed by atoms with Crippen molar-refractivity contribution in [2.45, 2.75) is 13.5 Å². The largest absolute Gasteiger partial charge is 0.494 e. The maximum absolute atomic E-state index is 12.4. The van der Waals surface area contributed by atoms with Crippen LogP contribution in [0.4, 0.5) is 5.82 Å². The fourth-order valence-corrected chi connectivity index (χ4v) is 2.88. The van der Waals surface area contributed by atoms with Crippen LogP contribution in [0.3, 0.4) is 0 Å². The molecule has 0 aliphatic heterocycles. The van der Waals surface area contributed by atoms with E-state index in [1.807, 2.05) is 36.6 Å². The number of amides is 1. The molecule has 6 heteroatoms. The van der Waals surface area contributed by atoms with Crippen LogP contribution in [0.15, 0.2) is 54.0 Å². The molecule has 0 aliphatic carbocycles. The van der Waals surface area contributed by atoms with Crippen LogP contribution in [0.5, 0.6) is 5.75 Å². The zero-order chi connectivity index (χ0) is 16.1. The summed E-state index contributed by atoms with van der Waals surface area (Å²) in [5.41, 5.74) is 0.555. The topological polar surface area (TPSA) is 56.1 Å². The molecule has 5 nitrogen and oxygen atoms in total. The summed E-state index contributed by atoms with van der Waals surface area (Å²) in [6, 6.07) is 13.0. The Kier molecular flexibility index (Phi) is 4.73. The van der Waals surface area contributed by atoms with Gasteiger partial charge in [-0.15, -0.1) is 11.3 Å². The molecule has 23 heavy (non-hydrogen) atoms. The highest BCUT2D eigenvalue weighted by molar-refractivity contribution is 7.09. The average Bonchev–Trinajstić information content (AvgIpc) is 3.21. The number of benzene rings is 1. The number of aromatic nitrogens is 2. The Bertz CT molecular complexity index is 781. The van der Waals surface area contributed by atoms with Crippen molar-refractivity contribution >= 4 is 23.1 Å². The van der Waals surface area contributed by atoms with E-state index in [0.717, 1.165) is 0 Å². The van der Waals surface area contributed by atoms with Crippen LogP contribution in [0.1, 0.15) is 22.2 Å². The number of nitrogens with one attached hydrogen (secondary N) is 1. The predicted molar refractivity (Wildman–Crippen MR) is 91.2 cm³/mol. The summed E-state index contributed by atoms with van der Waals surface area (Å²) in [6.45, 7) is 3.12. The van der Waals surface area contributed by atoms with E-state index >= 15 is 0 Å². The molecular weight excluding hydrogens is 310 g/mol. The Morgan fingerprint density at radius 1 is 1.30 bits per heavy atom. The van der Waals surface area contributed by atoms with Gasteiger partial charge in [0.05, 0.1) is 19.3 Å². The van der Waals surface area contributed by atoms with Gasteiger partial charge < -0.3 is 10.1 Å². The second-order valence-electron chi connectivity index (χ2n) is 4.87. The van der Waals surface area contributed by atoms with E-state index < -0.39 is 0 Å². The van der Waals surface area contributed by atoms with Gasteiger partial charge in [-0.1, -0.05) is 12.1 Å². The first-order valence-electron chi connectivity index (χ1n) is 7.34. The number of rotatable bonds is 6. The quantitative estimate of drug-likeness (QED) is 0.752. The maximum Gasteiger partial charge on any atom is 0.256 e. The minimum absolute atomic E-state index is 0.181. The zero-order valence-electron chi connectivity index (χ0n) is 12.7. The summed E-state index contributed by atoms with van der Waals surface area (Å²) in [7, 11) is 0. The zero-order valence-corrected chi connectivity index (χ0v) is 13.5. The molecular formula is C17H17N3O2S. The van der Waals surface area contributed by atoms with Crippen LogP contribution in [-0.2, 0) is 6.54 Å². The molecule has 1 N–H and O–H groups in total. The van der Waals surface area contributed by atoms with E-state index in [0.29, 0.717) is 30.3 Å². The van der Waals surface area contributed by atoms with Gasteiger partial charge in [-0.05, 0) is 36.6 Å². The summed E-state index contributed by atoms with van der Waals surface area (Å²) in [5.74, 6) is 1.18. The summed E-state index contributed by atoms with van der Waals surface area (Å²) in [6.07, 6.45) is 1.68. The first-order valence-corrected chi connectivity index (χ1v) is 8.22. The molecule has 0 unspecified atom stereocenters. The van der Waals surface area contributed by atoms with Crippen LogP contribution < -0.4 is 10.1 Å². The number of anilines is 1. The van der Waals surface area contributed by atoms with Gasteiger partial charge in [-0.2, -0.15) is 5.10 Å². The first-order chi connectivity index (χ1) is 11.3. The van der Waals surface area contributed by atoms with Crippen LogP contribution in [0, 0.1) is 0 Å². The third-order valence-electron chi connectivity index (χ3n) is 3.25. The lowest BCUT2D eigenvalue weighted by molar-refractivity contribution is 0.102. The molecule has 0 atom stereocenters. The Labute approximate surface area is 138 Å². The summed E-state index contributed by atoms with van der Waals surface area (Å²) >= 11 is 1.66. The molecule has 118 valence electrons. The average molecular weight is 327 g/mol. The number of thiophene rings is 1. The van der Waals surface area contributed by atoms with Gasteiger partial charge in [-0.3, -0.25) is 4.79 Å². The number of hydrogen-bond acceptors (Lipinski definition) is 4. The van der Waals surface area contributed by atoms with E-state index in [4.69, 9.17) is 4.74 Å². The lowest BCUT2D eigenvalue weighted by Gasteiger charge is -2.09. The highest BCUT2D eigenvalue weighted by Gasteiger charge is 2.11. The third-order valence-corrected chi connectivity index (χ3v) is 4.11. The van der Waals surface area contributed by atoms with Crippen LogP contribution in [-0.4, -0.2) is 22.3 Å². The Balaban J connectivity index is 1.73. The fraction of sp³-hybridized carbons (Fsp3) is 0.176. The second-order valence-corrected chi connectivity index (χ2v) is 5.90. The lowest BCUT2D eigenvalue weighted by atomic mass is 10.2. The standard InChI is InChI=1S/C17H17N3O2S/c1-2-22-14-6-3-5-13(11-14)17(21)19-16-8-9-18-20(16)12-15-7-4-10-23-15/h3-11H,2,12H2,1H3,(H,19,21). The van der Waals surface area contributed by atoms with E-state index in [1.165, 1.54) is 4.88 Å². The van der Waals surface area contributed by atoms with Crippen molar-refractivity contribution in [2.24, 2.45) is 0 Å². The van der Waals surface area contributed by atoms with Crippen molar-refractivity contribution in [3.63, 3.8) is 0 Å². The molecule has 0 saturated heterocycles. The van der Waals surface area contributed by atoms with E-state index in [2.05, 4.69) is 10.4 Å². The Morgan fingerprint density at radius 2 is 2.22 bits per heavy atom. The molecule has 2 aromatic heterocycles. The Morgan fingerprint density at radius 3 is 3.00 bits per heavy atom.